The van der Waals surface area contributed by atoms with E-state index in [4.69, 9.17) is 4.74 Å². The number of thiazole rings is 1. The third-order valence-corrected chi connectivity index (χ3v) is 7.18. The molecule has 32 heavy (non-hydrogen) atoms. The summed E-state index contributed by atoms with van der Waals surface area (Å²) in [4.78, 5) is 16.1. The average molecular weight is 465 g/mol. The first-order valence-electron chi connectivity index (χ1n) is 10.6. The van der Waals surface area contributed by atoms with Crippen LogP contribution in [0.1, 0.15) is 43.0 Å². The summed E-state index contributed by atoms with van der Waals surface area (Å²) >= 11 is 3.20. The lowest BCUT2D eigenvalue weighted by Gasteiger charge is -2.13. The van der Waals surface area contributed by atoms with Crippen LogP contribution in [0.15, 0.2) is 47.8 Å². The van der Waals surface area contributed by atoms with Crippen molar-refractivity contribution in [2.75, 3.05) is 12.3 Å². The van der Waals surface area contributed by atoms with Gasteiger partial charge in [-0.15, -0.1) is 11.3 Å². The second-order valence-corrected chi connectivity index (χ2v) is 9.77. The molecule has 1 atom stereocenters. The molecular formula is C24H24N4O2S2. The lowest BCUT2D eigenvalue weighted by Crippen LogP contribution is -2.12. The fourth-order valence-electron chi connectivity index (χ4n) is 3.89. The fraction of sp³-hybridized carbons (Fsp3) is 0.333. The minimum Gasteiger partial charge on any atom is -0.490 e. The van der Waals surface area contributed by atoms with Gasteiger partial charge in [0, 0.05) is 23.6 Å². The molecule has 2 aromatic carbocycles. The van der Waals surface area contributed by atoms with Crippen molar-refractivity contribution >= 4 is 23.3 Å². The Hall–Kier alpha value is -2.73. The molecule has 0 saturated carbocycles. The van der Waals surface area contributed by atoms with Crippen LogP contribution in [0.2, 0.25) is 0 Å². The molecule has 0 radical (unpaired) electrons. The predicted molar refractivity (Wildman–Crippen MR) is 131 cm³/mol. The van der Waals surface area contributed by atoms with Gasteiger partial charge in [-0.3, -0.25) is 4.72 Å². The summed E-state index contributed by atoms with van der Waals surface area (Å²) in [5.74, 6) is 1.28. The molecule has 3 aromatic rings. The summed E-state index contributed by atoms with van der Waals surface area (Å²) in [5.41, 5.74) is 5.32. The highest BCUT2D eigenvalue weighted by atomic mass is 32.2. The van der Waals surface area contributed by atoms with Gasteiger partial charge >= 0.3 is 0 Å². The molecule has 1 aliphatic rings. The van der Waals surface area contributed by atoms with Gasteiger partial charge in [-0.25, -0.2) is 4.98 Å². The number of benzene rings is 2. The Morgan fingerprint density at radius 1 is 1.38 bits per heavy atom. The van der Waals surface area contributed by atoms with Crippen LogP contribution in [0.25, 0.3) is 21.0 Å². The summed E-state index contributed by atoms with van der Waals surface area (Å²) in [6.45, 7) is 4.21. The standard InChI is InChI=1S/C24H24N4O2S2/c1-15(2)30-22-9-6-16(12-17(22)13-25)24-26-14-23(32-24)20-5-3-4-19-18(20)7-8-21(19)28-31-11-10-27-29/h3-6,9,12,14-15,21,28H,7-8,10-11H2,1-2H3. The SMILES string of the molecule is CC(C)Oc1ccc(-c2ncc(-c3cccc4c3CCC4NSCCN=O)s2)cc1C#N. The lowest BCUT2D eigenvalue weighted by molar-refractivity contribution is 0.242. The van der Waals surface area contributed by atoms with Crippen molar-refractivity contribution in [1.82, 2.24) is 9.71 Å². The van der Waals surface area contributed by atoms with E-state index in [1.54, 1.807) is 23.3 Å². The van der Waals surface area contributed by atoms with Gasteiger partial charge in [0.05, 0.1) is 23.1 Å². The summed E-state index contributed by atoms with van der Waals surface area (Å²) in [6.07, 6.45) is 3.97. The van der Waals surface area contributed by atoms with Gasteiger partial charge in [0.2, 0.25) is 0 Å². The Morgan fingerprint density at radius 2 is 2.25 bits per heavy atom. The van der Waals surface area contributed by atoms with Crippen LogP contribution in [0.5, 0.6) is 5.75 Å². The molecule has 0 amide bonds. The minimum atomic E-state index is 0.0120. The fourth-order valence-corrected chi connectivity index (χ4v) is 5.58. The smallest absolute Gasteiger partial charge is 0.137 e. The second kappa shape index (κ2) is 10.3. The van der Waals surface area contributed by atoms with E-state index in [9.17, 15) is 10.2 Å². The van der Waals surface area contributed by atoms with Crippen LogP contribution in [0, 0.1) is 16.2 Å². The van der Waals surface area contributed by atoms with Crippen LogP contribution in [0.4, 0.5) is 0 Å². The topological polar surface area (TPSA) is 87.4 Å². The Labute approximate surface area is 196 Å². The molecule has 1 unspecified atom stereocenters. The third kappa shape index (κ3) is 4.85. The van der Waals surface area contributed by atoms with Gasteiger partial charge in [-0.05, 0) is 61.6 Å². The molecule has 1 aliphatic carbocycles. The normalized spacial score (nSPS) is 14.9. The highest BCUT2D eigenvalue weighted by Crippen LogP contribution is 2.41. The number of hydrogen-bond donors (Lipinski definition) is 1. The Morgan fingerprint density at radius 3 is 3.03 bits per heavy atom. The zero-order valence-corrected chi connectivity index (χ0v) is 19.6. The zero-order chi connectivity index (χ0) is 22.5. The second-order valence-electron chi connectivity index (χ2n) is 7.80. The first kappa shape index (κ1) is 22.5. The number of hydrogen-bond acceptors (Lipinski definition) is 8. The highest BCUT2D eigenvalue weighted by Gasteiger charge is 2.25. The van der Waals surface area contributed by atoms with E-state index >= 15 is 0 Å². The van der Waals surface area contributed by atoms with Crippen LogP contribution in [-0.2, 0) is 6.42 Å². The first-order chi connectivity index (χ1) is 15.6. The molecule has 0 fully saturated rings. The molecule has 1 N–H and O–H groups in total. The molecule has 1 aromatic heterocycles. The zero-order valence-electron chi connectivity index (χ0n) is 18.0. The van der Waals surface area contributed by atoms with E-state index in [-0.39, 0.29) is 12.1 Å². The van der Waals surface area contributed by atoms with E-state index in [2.05, 4.69) is 39.2 Å². The maximum Gasteiger partial charge on any atom is 0.137 e. The van der Waals surface area contributed by atoms with Gasteiger partial charge in [0.1, 0.15) is 16.8 Å². The Balaban J connectivity index is 1.57. The third-order valence-electron chi connectivity index (χ3n) is 5.26. The maximum absolute atomic E-state index is 10.3. The molecule has 0 bridgehead atoms. The lowest BCUT2D eigenvalue weighted by atomic mass is 10.0. The minimum absolute atomic E-state index is 0.0120. The van der Waals surface area contributed by atoms with Crippen molar-refractivity contribution in [2.24, 2.45) is 5.18 Å². The molecule has 0 saturated heterocycles. The van der Waals surface area contributed by atoms with Gasteiger partial charge in [0.25, 0.3) is 0 Å². The molecular weight excluding hydrogens is 440 g/mol. The van der Waals surface area contributed by atoms with Crippen molar-refractivity contribution in [3.05, 3.63) is 64.2 Å². The van der Waals surface area contributed by atoms with Crippen molar-refractivity contribution in [3.8, 4) is 32.8 Å². The number of aromatic nitrogens is 1. The van der Waals surface area contributed by atoms with Crippen molar-refractivity contribution in [1.29, 1.82) is 5.26 Å². The average Bonchev–Trinajstić information content (AvgIpc) is 3.44. The molecule has 4 rings (SSSR count). The largest absolute Gasteiger partial charge is 0.490 e. The van der Waals surface area contributed by atoms with Crippen molar-refractivity contribution in [3.63, 3.8) is 0 Å². The van der Waals surface area contributed by atoms with E-state index in [0.29, 0.717) is 23.6 Å². The van der Waals surface area contributed by atoms with E-state index in [1.165, 1.54) is 16.7 Å². The number of fused-ring (bicyclic) bond motifs is 1. The van der Waals surface area contributed by atoms with E-state index in [1.807, 2.05) is 38.2 Å². The number of rotatable bonds is 9. The molecule has 164 valence electrons. The Bertz CT molecular complexity index is 1150. The molecule has 1 heterocycles. The van der Waals surface area contributed by atoms with Crippen molar-refractivity contribution < 1.29 is 4.74 Å². The van der Waals surface area contributed by atoms with Crippen LogP contribution in [0.3, 0.4) is 0 Å². The number of nitrogens with one attached hydrogen (secondary N) is 1. The first-order valence-corrected chi connectivity index (χ1v) is 12.4. The number of nitriles is 1. The van der Waals surface area contributed by atoms with Gasteiger partial charge in [-0.1, -0.05) is 35.3 Å². The quantitative estimate of drug-likeness (QED) is 0.233. The molecule has 0 aliphatic heterocycles. The maximum atomic E-state index is 10.3. The predicted octanol–water partition coefficient (Wildman–Crippen LogP) is 6.13. The molecule has 8 heteroatoms. The van der Waals surface area contributed by atoms with E-state index < -0.39 is 0 Å². The number of nitroso groups, excluding NO2 is 1. The summed E-state index contributed by atoms with van der Waals surface area (Å²) in [6, 6.07) is 14.6. The van der Waals surface area contributed by atoms with E-state index in [0.717, 1.165) is 28.3 Å². The van der Waals surface area contributed by atoms with Gasteiger partial charge < -0.3 is 4.74 Å². The van der Waals surface area contributed by atoms with Crippen LogP contribution < -0.4 is 9.46 Å². The van der Waals surface area contributed by atoms with Gasteiger partial charge in [-0.2, -0.15) is 10.2 Å². The van der Waals surface area contributed by atoms with Gasteiger partial charge in [0.15, 0.2) is 0 Å². The van der Waals surface area contributed by atoms with Crippen LogP contribution in [-0.4, -0.2) is 23.4 Å². The Kier molecular flexibility index (Phi) is 7.20. The van der Waals surface area contributed by atoms with Crippen molar-refractivity contribution in [2.45, 2.75) is 38.8 Å². The number of ether oxygens (including phenoxy) is 1. The number of nitrogens with zero attached hydrogens (tertiary/aromatic N) is 3. The monoisotopic (exact) mass is 464 g/mol. The highest BCUT2D eigenvalue weighted by molar-refractivity contribution is 7.97. The molecule has 0 spiro atoms. The summed E-state index contributed by atoms with van der Waals surface area (Å²) in [5, 5.41) is 13.3. The molecule has 6 nitrogen and oxygen atoms in total. The van der Waals surface area contributed by atoms with Crippen LogP contribution >= 0.6 is 23.3 Å². The summed E-state index contributed by atoms with van der Waals surface area (Å²) in [7, 11) is 0. The summed E-state index contributed by atoms with van der Waals surface area (Å²) < 4.78 is 9.21.